The first-order valence-electron chi connectivity index (χ1n) is 11.9. The summed E-state index contributed by atoms with van der Waals surface area (Å²) >= 11 is 2.68. The van der Waals surface area contributed by atoms with E-state index in [9.17, 15) is 4.79 Å². The summed E-state index contributed by atoms with van der Waals surface area (Å²) in [6, 6.07) is 8.17. The van der Waals surface area contributed by atoms with E-state index >= 15 is 0 Å². The highest BCUT2D eigenvalue weighted by Crippen LogP contribution is 2.39. The molecule has 5 heterocycles. The van der Waals surface area contributed by atoms with E-state index in [-0.39, 0.29) is 5.78 Å². The second-order valence-electron chi connectivity index (χ2n) is 9.31. The number of aryl methyl sites for hydroxylation is 2. The van der Waals surface area contributed by atoms with Gasteiger partial charge in [0.05, 0.1) is 24.6 Å². The van der Waals surface area contributed by atoms with Crippen LogP contribution in [-0.2, 0) is 40.0 Å². The summed E-state index contributed by atoms with van der Waals surface area (Å²) < 4.78 is 11.6. The summed E-state index contributed by atoms with van der Waals surface area (Å²) in [4.78, 5) is 23.3. The summed E-state index contributed by atoms with van der Waals surface area (Å²) in [5.41, 5.74) is 17.1. The van der Waals surface area contributed by atoms with Gasteiger partial charge in [-0.25, -0.2) is 9.97 Å². The molecule has 186 valence electrons. The summed E-state index contributed by atoms with van der Waals surface area (Å²) in [5.74, 6) is -0.224. The SMILES string of the molecule is N#Cc1sc2nc3c(cc2c1N)CC(=O)CC3.N#Cc1sc2nc3c(cc2c1N)CC1(CC3)OCCO1. The van der Waals surface area contributed by atoms with Crippen LogP contribution in [0.2, 0.25) is 0 Å². The highest BCUT2D eigenvalue weighted by atomic mass is 32.1. The number of anilines is 2. The number of nitrogens with zero attached hydrogens (tertiary/aromatic N) is 4. The predicted octanol–water partition coefficient (Wildman–Crippen LogP) is 3.79. The van der Waals surface area contributed by atoms with Crippen LogP contribution >= 0.6 is 22.7 Å². The highest BCUT2D eigenvalue weighted by molar-refractivity contribution is 7.20. The number of carbonyl (C=O) groups excluding carboxylic acids is 1. The van der Waals surface area contributed by atoms with Gasteiger partial charge in [0.2, 0.25) is 0 Å². The van der Waals surface area contributed by atoms with Crippen molar-refractivity contribution in [3.8, 4) is 12.1 Å². The number of hydrogen-bond acceptors (Lipinski definition) is 11. The van der Waals surface area contributed by atoms with Gasteiger partial charge >= 0.3 is 0 Å². The Bertz CT molecular complexity index is 1670. The Morgan fingerprint density at radius 2 is 1.43 bits per heavy atom. The summed E-state index contributed by atoms with van der Waals surface area (Å²) in [6.45, 7) is 1.31. The third kappa shape index (κ3) is 4.10. The fraction of sp³-hybridized carbons (Fsp3) is 0.346. The third-order valence-corrected chi connectivity index (χ3v) is 9.07. The van der Waals surface area contributed by atoms with Crippen molar-refractivity contribution in [1.29, 1.82) is 10.5 Å². The van der Waals surface area contributed by atoms with Crippen molar-refractivity contribution in [2.24, 2.45) is 0 Å². The Labute approximate surface area is 220 Å². The van der Waals surface area contributed by atoms with Crippen molar-refractivity contribution < 1.29 is 14.3 Å². The molecular weight excluding hydrogens is 508 g/mol. The van der Waals surface area contributed by atoms with Crippen molar-refractivity contribution in [2.45, 2.75) is 44.3 Å². The molecule has 1 fully saturated rings. The minimum atomic E-state index is -0.467. The van der Waals surface area contributed by atoms with Crippen LogP contribution in [0.3, 0.4) is 0 Å². The van der Waals surface area contributed by atoms with E-state index in [1.807, 2.05) is 6.07 Å². The third-order valence-electron chi connectivity index (χ3n) is 7.03. The van der Waals surface area contributed by atoms with Gasteiger partial charge in [-0.05, 0) is 36.1 Å². The maximum absolute atomic E-state index is 11.4. The smallest absolute Gasteiger partial charge is 0.172 e. The molecule has 11 heteroatoms. The van der Waals surface area contributed by atoms with Gasteiger partial charge in [-0.15, -0.1) is 22.7 Å². The van der Waals surface area contributed by atoms with E-state index in [2.05, 4.69) is 28.2 Å². The molecule has 9 nitrogen and oxygen atoms in total. The van der Waals surface area contributed by atoms with Crippen molar-refractivity contribution in [1.82, 2.24) is 9.97 Å². The second kappa shape index (κ2) is 9.05. The van der Waals surface area contributed by atoms with Crippen molar-refractivity contribution in [2.75, 3.05) is 24.7 Å². The Morgan fingerprint density at radius 3 is 2.03 bits per heavy atom. The number of fused-ring (bicyclic) bond motifs is 4. The standard InChI is InChI=1S/C14H13N3O2S.C12H9N3OS/c15-7-11-12(16)9-5-8-6-14(18-3-4-19-14)2-1-10(8)17-13(9)20-11;13-5-10-11(14)8-4-6-3-7(16)1-2-9(6)15-12(8)17-10/h5H,1-4,6,16H2;4H,1-3,14H2. The van der Waals surface area contributed by atoms with E-state index < -0.39 is 5.79 Å². The molecule has 7 rings (SSSR count). The number of pyridine rings is 2. The van der Waals surface area contributed by atoms with Crippen molar-refractivity contribution in [3.63, 3.8) is 0 Å². The first-order valence-corrected chi connectivity index (χ1v) is 13.5. The number of rotatable bonds is 0. The molecule has 0 radical (unpaired) electrons. The second-order valence-corrected chi connectivity index (χ2v) is 11.3. The van der Waals surface area contributed by atoms with Gasteiger partial charge in [-0.3, -0.25) is 4.79 Å². The zero-order valence-corrected chi connectivity index (χ0v) is 21.4. The number of nitrogen functional groups attached to an aromatic ring is 2. The molecule has 0 aromatic carbocycles. The molecule has 4 aromatic heterocycles. The Balaban J connectivity index is 0.000000138. The van der Waals surface area contributed by atoms with Gasteiger partial charge < -0.3 is 20.9 Å². The van der Waals surface area contributed by atoms with Crippen LogP contribution in [0.1, 0.15) is 45.1 Å². The number of Topliss-reactive ketones (excluding diaryl/α,β-unsaturated/α-hetero) is 1. The number of ketones is 1. The lowest BCUT2D eigenvalue weighted by Crippen LogP contribution is -2.37. The molecule has 4 aromatic rings. The fourth-order valence-corrected chi connectivity index (χ4v) is 6.92. The Hall–Kier alpha value is -3.61. The minimum Gasteiger partial charge on any atom is -0.396 e. The largest absolute Gasteiger partial charge is 0.396 e. The van der Waals surface area contributed by atoms with Crippen molar-refractivity contribution in [3.05, 3.63) is 44.4 Å². The topological polar surface area (TPSA) is 161 Å². The molecule has 1 aliphatic heterocycles. The van der Waals surface area contributed by atoms with Gasteiger partial charge in [0.15, 0.2) is 5.79 Å². The van der Waals surface area contributed by atoms with Crippen LogP contribution in [0.5, 0.6) is 0 Å². The Morgan fingerprint density at radius 1 is 0.865 bits per heavy atom. The normalized spacial score (nSPS) is 17.6. The zero-order valence-electron chi connectivity index (χ0n) is 19.8. The van der Waals surface area contributed by atoms with Gasteiger partial charge in [0, 0.05) is 47.8 Å². The summed E-state index contributed by atoms with van der Waals surface area (Å²) in [6.07, 6.45) is 4.09. The monoisotopic (exact) mass is 530 g/mol. The van der Waals surface area contributed by atoms with E-state index in [1.54, 1.807) is 0 Å². The number of thiophene rings is 2. The first kappa shape index (κ1) is 23.8. The average molecular weight is 531 g/mol. The minimum absolute atomic E-state index is 0.243. The first-order chi connectivity index (χ1) is 17.9. The number of hydrogen-bond donors (Lipinski definition) is 2. The summed E-state index contributed by atoms with van der Waals surface area (Å²) in [5, 5.41) is 19.7. The zero-order chi connectivity index (χ0) is 25.7. The molecule has 0 saturated carbocycles. The lowest BCUT2D eigenvalue weighted by molar-refractivity contribution is -0.164. The summed E-state index contributed by atoms with van der Waals surface area (Å²) in [7, 11) is 0. The Kier molecular flexibility index (Phi) is 5.81. The van der Waals surface area contributed by atoms with Gasteiger partial charge in [0.1, 0.15) is 37.3 Å². The molecular formula is C26H22N6O3S2. The molecule has 1 spiro atoms. The molecule has 0 unspecified atom stereocenters. The molecule has 1 saturated heterocycles. The number of nitriles is 2. The van der Waals surface area contributed by atoms with E-state index in [0.717, 1.165) is 55.8 Å². The molecule has 4 N–H and O–H groups in total. The van der Waals surface area contributed by atoms with Crippen LogP contribution in [-0.4, -0.2) is 34.8 Å². The highest BCUT2D eigenvalue weighted by Gasteiger charge is 2.40. The lowest BCUT2D eigenvalue weighted by atomic mass is 9.90. The van der Waals surface area contributed by atoms with Gasteiger partial charge in [0.25, 0.3) is 0 Å². The molecule has 0 bridgehead atoms. The molecule has 37 heavy (non-hydrogen) atoms. The number of carbonyl (C=O) groups is 1. The lowest BCUT2D eigenvalue weighted by Gasteiger charge is -2.32. The van der Waals surface area contributed by atoms with Crippen LogP contribution in [0, 0.1) is 22.7 Å². The molecule has 0 atom stereocenters. The van der Waals surface area contributed by atoms with Crippen LogP contribution in [0.4, 0.5) is 11.4 Å². The fourth-order valence-electron chi connectivity index (χ4n) is 5.13. The van der Waals surface area contributed by atoms with E-state index in [1.165, 1.54) is 22.7 Å². The molecule has 0 amide bonds. The van der Waals surface area contributed by atoms with Crippen LogP contribution in [0.15, 0.2) is 12.1 Å². The average Bonchev–Trinajstić information content (AvgIpc) is 3.58. The maximum Gasteiger partial charge on any atom is 0.172 e. The quantitative estimate of drug-likeness (QED) is 0.344. The maximum atomic E-state index is 11.4. The van der Waals surface area contributed by atoms with Crippen LogP contribution < -0.4 is 11.5 Å². The number of nitrogens with two attached hydrogens (primary N) is 2. The van der Waals surface area contributed by atoms with Crippen molar-refractivity contribution >= 4 is 60.3 Å². The molecule has 2 aliphatic carbocycles. The number of ether oxygens (including phenoxy) is 2. The van der Waals surface area contributed by atoms with Crippen LogP contribution in [0.25, 0.3) is 20.4 Å². The predicted molar refractivity (Wildman–Crippen MR) is 141 cm³/mol. The number of aromatic nitrogens is 2. The van der Waals surface area contributed by atoms with Gasteiger partial charge in [-0.1, -0.05) is 0 Å². The van der Waals surface area contributed by atoms with E-state index in [4.69, 9.17) is 31.5 Å². The molecule has 3 aliphatic rings. The van der Waals surface area contributed by atoms with E-state index in [0.29, 0.717) is 60.0 Å². The van der Waals surface area contributed by atoms with Gasteiger partial charge in [-0.2, -0.15) is 10.5 Å².